The Kier molecular flexibility index (Phi) is 7.99. The van der Waals surface area contributed by atoms with Crippen molar-refractivity contribution in [3.63, 3.8) is 0 Å². The molecular weight excluding hydrogens is 502 g/mol. The van der Waals surface area contributed by atoms with E-state index in [0.717, 1.165) is 6.42 Å². The molecule has 0 saturated carbocycles. The number of halogens is 1. The summed E-state index contributed by atoms with van der Waals surface area (Å²) in [5.74, 6) is -2.16. The fourth-order valence-corrected chi connectivity index (χ4v) is 6.88. The number of carbonyl (C=O) groups is 3. The molecule has 3 heterocycles. The number of β-amino-alcohol motifs (C(OH)–C–C–N with tert-alkyl or cyclic N) is 1. The van der Waals surface area contributed by atoms with Crippen LogP contribution in [0.5, 0.6) is 0 Å². The van der Waals surface area contributed by atoms with Crippen molar-refractivity contribution in [1.82, 2.24) is 14.7 Å². The lowest BCUT2D eigenvalue weighted by Crippen LogP contribution is -2.60. The van der Waals surface area contributed by atoms with Gasteiger partial charge < -0.3 is 24.5 Å². The van der Waals surface area contributed by atoms with E-state index in [-0.39, 0.29) is 35.7 Å². The highest BCUT2D eigenvalue weighted by Crippen LogP contribution is 2.60. The Morgan fingerprint density at radius 2 is 1.91 bits per heavy atom. The number of nitrogens with zero attached hydrogens (tertiary/aromatic N) is 3. The Morgan fingerprint density at radius 1 is 1.26 bits per heavy atom. The van der Waals surface area contributed by atoms with Gasteiger partial charge in [0.1, 0.15) is 11.6 Å². The molecule has 0 radical (unpaired) electrons. The molecule has 3 unspecified atom stereocenters. The van der Waals surface area contributed by atoms with Crippen LogP contribution in [0.3, 0.4) is 0 Å². The van der Waals surface area contributed by atoms with E-state index in [4.69, 9.17) is 4.74 Å². The molecule has 190 valence electrons. The molecule has 0 aromatic rings. The van der Waals surface area contributed by atoms with Crippen LogP contribution in [-0.4, -0.2) is 98.4 Å². The van der Waals surface area contributed by atoms with Crippen molar-refractivity contribution >= 4 is 33.7 Å². The zero-order valence-electron chi connectivity index (χ0n) is 20.7. The quantitative estimate of drug-likeness (QED) is 0.338. The predicted molar refractivity (Wildman–Crippen MR) is 133 cm³/mol. The van der Waals surface area contributed by atoms with E-state index in [1.165, 1.54) is 4.90 Å². The first kappa shape index (κ1) is 26.9. The van der Waals surface area contributed by atoms with Gasteiger partial charge in [-0.15, -0.1) is 13.2 Å². The molecule has 3 amide bonds. The minimum atomic E-state index is -1.13. The molecule has 0 aromatic heterocycles. The number of aliphatic hydroxyl groups excluding tert-OH is 1. The average molecular weight is 540 g/mol. The van der Waals surface area contributed by atoms with Crippen LogP contribution in [0.4, 0.5) is 0 Å². The largest absolute Gasteiger partial charge is 0.395 e. The number of carbonyl (C=O) groups excluding carboxylic acids is 3. The molecule has 1 N–H and O–H groups in total. The van der Waals surface area contributed by atoms with Crippen LogP contribution in [-0.2, 0) is 19.1 Å². The van der Waals surface area contributed by atoms with E-state index in [0.29, 0.717) is 26.1 Å². The highest BCUT2D eigenvalue weighted by Gasteiger charge is 2.77. The van der Waals surface area contributed by atoms with Gasteiger partial charge in [-0.05, 0) is 33.6 Å². The minimum Gasteiger partial charge on any atom is -0.395 e. The first-order valence-electron chi connectivity index (χ1n) is 12.0. The van der Waals surface area contributed by atoms with Crippen LogP contribution in [0.15, 0.2) is 25.3 Å². The summed E-state index contributed by atoms with van der Waals surface area (Å²) in [5.41, 5.74) is -1.64. The number of ether oxygens (including phenoxy) is 1. The summed E-state index contributed by atoms with van der Waals surface area (Å²) >= 11 is 3.69. The summed E-state index contributed by atoms with van der Waals surface area (Å²) in [6, 6.07) is -0.918. The second-order valence-electron chi connectivity index (χ2n) is 10.4. The Morgan fingerprint density at radius 3 is 2.44 bits per heavy atom. The maximum Gasteiger partial charge on any atom is 0.249 e. The lowest BCUT2D eigenvalue weighted by Gasteiger charge is -2.42. The maximum atomic E-state index is 14.1. The van der Waals surface area contributed by atoms with E-state index in [1.807, 2.05) is 27.7 Å². The van der Waals surface area contributed by atoms with Crippen LogP contribution in [0.25, 0.3) is 0 Å². The van der Waals surface area contributed by atoms with Crippen LogP contribution < -0.4 is 0 Å². The lowest BCUT2D eigenvalue weighted by atomic mass is 9.70. The first-order chi connectivity index (χ1) is 16.0. The SMILES string of the molecule is C=CCN(CCC)C(=O)[C@H]1[C@@H]2OC3(CC2Br)C(C(=O)N(CC=C)C(C)(C)C)N(CCO)C(=O)[C@H]13. The highest BCUT2D eigenvalue weighted by atomic mass is 79.9. The second kappa shape index (κ2) is 10.1. The number of hydrogen-bond donors (Lipinski definition) is 1. The third-order valence-corrected chi connectivity index (χ3v) is 8.04. The van der Waals surface area contributed by atoms with Gasteiger partial charge in [0.2, 0.25) is 17.7 Å². The van der Waals surface area contributed by atoms with Gasteiger partial charge in [0.25, 0.3) is 0 Å². The van der Waals surface area contributed by atoms with Crippen molar-refractivity contribution in [3.05, 3.63) is 25.3 Å². The minimum absolute atomic E-state index is 0.00673. The van der Waals surface area contributed by atoms with Gasteiger partial charge in [-0.1, -0.05) is 35.0 Å². The first-order valence-corrected chi connectivity index (χ1v) is 13.0. The summed E-state index contributed by atoms with van der Waals surface area (Å²) < 4.78 is 6.52. The third-order valence-electron chi connectivity index (χ3n) is 7.19. The standard InChI is InChI=1S/C25H38BrN3O5/c1-7-10-27(11-8-2)21(31)17-18-22(32)28(13-14-30)20(25(18)15-16(26)19(17)34-25)23(33)29(12-9-3)24(4,5)6/h7,9,16-20,30H,1,3,8,10-15H2,2,4-6H3/t16?,17-,18+,19-,20?,25?/m1/s1. The smallest absolute Gasteiger partial charge is 0.249 e. The van der Waals surface area contributed by atoms with Crippen molar-refractivity contribution in [3.8, 4) is 0 Å². The Balaban J connectivity index is 2.08. The molecule has 3 aliphatic rings. The van der Waals surface area contributed by atoms with E-state index >= 15 is 0 Å². The number of alkyl halides is 1. The fraction of sp³-hybridized carbons (Fsp3) is 0.720. The molecule has 3 saturated heterocycles. The van der Waals surface area contributed by atoms with Gasteiger partial charge >= 0.3 is 0 Å². The van der Waals surface area contributed by atoms with E-state index < -0.39 is 35.1 Å². The van der Waals surface area contributed by atoms with Crippen LogP contribution in [0.1, 0.15) is 40.5 Å². The monoisotopic (exact) mass is 539 g/mol. The van der Waals surface area contributed by atoms with Gasteiger partial charge in [-0.25, -0.2) is 0 Å². The maximum absolute atomic E-state index is 14.1. The molecule has 0 aliphatic carbocycles. The van der Waals surface area contributed by atoms with E-state index in [1.54, 1.807) is 22.0 Å². The number of hydrogen-bond acceptors (Lipinski definition) is 5. The van der Waals surface area contributed by atoms with Gasteiger partial charge in [0, 0.05) is 36.5 Å². The molecule has 1 spiro atoms. The lowest BCUT2D eigenvalue weighted by molar-refractivity contribution is -0.152. The van der Waals surface area contributed by atoms with Crippen LogP contribution >= 0.6 is 15.9 Å². The van der Waals surface area contributed by atoms with Crippen molar-refractivity contribution < 1.29 is 24.2 Å². The van der Waals surface area contributed by atoms with Crippen molar-refractivity contribution in [2.45, 2.75) is 68.6 Å². The normalized spacial score (nSPS) is 32.0. The molecule has 6 atom stereocenters. The van der Waals surface area contributed by atoms with E-state index in [2.05, 4.69) is 29.1 Å². The molecule has 9 heteroatoms. The van der Waals surface area contributed by atoms with Crippen LogP contribution in [0.2, 0.25) is 0 Å². The number of rotatable bonds is 10. The number of fused-ring (bicyclic) bond motifs is 1. The van der Waals surface area contributed by atoms with Gasteiger partial charge in [0.15, 0.2) is 0 Å². The fourth-order valence-electron chi connectivity index (χ4n) is 5.94. The molecule has 34 heavy (non-hydrogen) atoms. The molecular formula is C25H38BrN3O5. The van der Waals surface area contributed by atoms with Crippen LogP contribution in [0, 0.1) is 11.8 Å². The summed E-state index contributed by atoms with van der Waals surface area (Å²) in [7, 11) is 0. The molecule has 3 rings (SSSR count). The highest BCUT2D eigenvalue weighted by molar-refractivity contribution is 9.09. The van der Waals surface area contributed by atoms with Crippen molar-refractivity contribution in [2.24, 2.45) is 11.8 Å². The number of likely N-dealkylation sites (tertiary alicyclic amines) is 1. The number of amides is 3. The Labute approximate surface area is 211 Å². The topological polar surface area (TPSA) is 90.4 Å². The zero-order valence-corrected chi connectivity index (χ0v) is 22.3. The molecule has 2 bridgehead atoms. The third kappa shape index (κ3) is 4.24. The Bertz CT molecular complexity index is 843. The summed E-state index contributed by atoms with van der Waals surface area (Å²) in [6.45, 7) is 16.3. The second-order valence-corrected chi connectivity index (χ2v) is 11.6. The molecule has 3 fully saturated rings. The summed E-state index contributed by atoms with van der Waals surface area (Å²) in [5, 5.41) is 9.76. The predicted octanol–water partition coefficient (Wildman–Crippen LogP) is 1.96. The average Bonchev–Trinajstić information content (AvgIpc) is 3.34. The van der Waals surface area contributed by atoms with Gasteiger partial charge in [0.05, 0.1) is 24.5 Å². The van der Waals surface area contributed by atoms with Crippen molar-refractivity contribution in [2.75, 3.05) is 32.8 Å². The van der Waals surface area contributed by atoms with Gasteiger partial charge in [-0.3, -0.25) is 14.4 Å². The van der Waals surface area contributed by atoms with Gasteiger partial charge in [-0.2, -0.15) is 0 Å². The molecule has 0 aromatic carbocycles. The summed E-state index contributed by atoms with van der Waals surface area (Å²) in [6.07, 6.45) is 4.06. The Hall–Kier alpha value is -1.71. The van der Waals surface area contributed by atoms with E-state index in [9.17, 15) is 19.5 Å². The molecule has 3 aliphatic heterocycles. The molecule has 8 nitrogen and oxygen atoms in total. The number of aliphatic hydroxyl groups is 1. The van der Waals surface area contributed by atoms with Crippen molar-refractivity contribution in [1.29, 1.82) is 0 Å². The summed E-state index contributed by atoms with van der Waals surface area (Å²) in [4.78, 5) is 46.3. The zero-order chi connectivity index (χ0) is 25.4.